The van der Waals surface area contributed by atoms with E-state index < -0.39 is 48.7 Å². The molecule has 0 unspecified atom stereocenters. The maximum Gasteiger partial charge on any atom is 0.450 e. The molecule has 0 fully saturated rings. The fraction of sp³-hybridized carbons (Fsp3) is 0.333. The van der Waals surface area contributed by atoms with Crippen LogP contribution in [0.25, 0.3) is 0 Å². The standard InChI is InChI=1S/C17H16O4.C5H2F6O2.C5H5F3O2/c1-20-14-7-3-12(4-8-14)16(18)11-17(19)13-5-9-15(21-2)10-6-13;6-4(7,8)2(12)1-3(13)5(9,10)11;6-5(7,8)4(10)2-1-3-9/h3-10H,11H2,1-2H3;1H2;3H,1-2H2. The van der Waals surface area contributed by atoms with E-state index in [1.165, 1.54) is 0 Å². The van der Waals surface area contributed by atoms with Gasteiger partial charge in [0.15, 0.2) is 11.6 Å². The van der Waals surface area contributed by atoms with Gasteiger partial charge in [0.1, 0.15) is 17.8 Å². The van der Waals surface area contributed by atoms with E-state index in [1.54, 1.807) is 62.8 Å². The molecule has 2 rings (SSSR count). The van der Waals surface area contributed by atoms with Crippen LogP contribution in [0.15, 0.2) is 48.5 Å². The molecule has 0 aromatic heterocycles. The van der Waals surface area contributed by atoms with Gasteiger partial charge in [-0.25, -0.2) is 0 Å². The third kappa shape index (κ3) is 15.1. The summed E-state index contributed by atoms with van der Waals surface area (Å²) in [5.41, 5.74) is 0.996. The number of rotatable bonds is 11. The Morgan fingerprint density at radius 1 is 0.568 bits per heavy atom. The molecule has 0 atom stereocenters. The van der Waals surface area contributed by atoms with Crippen molar-refractivity contribution in [3.8, 4) is 11.5 Å². The van der Waals surface area contributed by atoms with Crippen molar-refractivity contribution in [3.05, 3.63) is 59.7 Å². The average Bonchev–Trinajstić information content (AvgIpc) is 2.95. The van der Waals surface area contributed by atoms with E-state index in [2.05, 4.69) is 0 Å². The molecule has 0 saturated carbocycles. The van der Waals surface area contributed by atoms with Crippen LogP contribution in [0.2, 0.25) is 0 Å². The Kier molecular flexibility index (Phi) is 15.7. The number of carbonyl (C=O) groups is 6. The van der Waals surface area contributed by atoms with Gasteiger partial charge in [-0.1, -0.05) is 0 Å². The van der Waals surface area contributed by atoms with Gasteiger partial charge in [0, 0.05) is 24.0 Å². The van der Waals surface area contributed by atoms with E-state index >= 15 is 0 Å². The number of ether oxygens (including phenoxy) is 2. The average molecular weight is 646 g/mol. The molecule has 0 aliphatic rings. The zero-order chi connectivity index (χ0) is 34.3. The zero-order valence-electron chi connectivity index (χ0n) is 22.7. The molecule has 0 radical (unpaired) electrons. The van der Waals surface area contributed by atoms with E-state index in [-0.39, 0.29) is 30.7 Å². The highest BCUT2D eigenvalue weighted by atomic mass is 19.4. The highest BCUT2D eigenvalue weighted by Gasteiger charge is 2.46. The number of methoxy groups -OCH3 is 2. The quantitative estimate of drug-likeness (QED) is 0.128. The topological polar surface area (TPSA) is 121 Å². The lowest BCUT2D eigenvalue weighted by molar-refractivity contribution is -0.182. The first-order chi connectivity index (χ1) is 20.2. The van der Waals surface area contributed by atoms with Crippen molar-refractivity contribution in [2.24, 2.45) is 0 Å². The van der Waals surface area contributed by atoms with Gasteiger partial charge in [-0.15, -0.1) is 0 Å². The number of aldehydes is 1. The second-order valence-electron chi connectivity index (χ2n) is 8.13. The van der Waals surface area contributed by atoms with Crippen LogP contribution in [0, 0.1) is 0 Å². The van der Waals surface area contributed by atoms with Crippen LogP contribution in [0.3, 0.4) is 0 Å². The molecule has 2 aromatic rings. The van der Waals surface area contributed by atoms with Crippen molar-refractivity contribution in [1.29, 1.82) is 0 Å². The van der Waals surface area contributed by atoms with Crippen molar-refractivity contribution >= 4 is 35.2 Å². The lowest BCUT2D eigenvalue weighted by atomic mass is 10.0. The van der Waals surface area contributed by atoms with Crippen molar-refractivity contribution in [2.45, 2.75) is 44.2 Å². The Morgan fingerprint density at radius 3 is 1.14 bits per heavy atom. The number of carbonyl (C=O) groups excluding carboxylic acids is 6. The van der Waals surface area contributed by atoms with Crippen LogP contribution < -0.4 is 9.47 Å². The van der Waals surface area contributed by atoms with Gasteiger partial charge < -0.3 is 14.3 Å². The molecule has 17 heteroatoms. The van der Waals surface area contributed by atoms with Gasteiger partial charge in [-0.2, -0.15) is 39.5 Å². The van der Waals surface area contributed by atoms with Crippen LogP contribution in [0.1, 0.15) is 46.4 Å². The summed E-state index contributed by atoms with van der Waals surface area (Å²) >= 11 is 0. The van der Waals surface area contributed by atoms with Crippen molar-refractivity contribution in [2.75, 3.05) is 14.2 Å². The zero-order valence-corrected chi connectivity index (χ0v) is 22.7. The number of alkyl halides is 9. The molecular formula is C27H23F9O8. The summed E-state index contributed by atoms with van der Waals surface area (Å²) in [5.74, 6) is -6.32. The largest absolute Gasteiger partial charge is 0.497 e. The second-order valence-corrected chi connectivity index (χ2v) is 8.13. The van der Waals surface area contributed by atoms with Crippen LogP contribution in [0.4, 0.5) is 39.5 Å². The van der Waals surface area contributed by atoms with Gasteiger partial charge in [-0.05, 0) is 48.5 Å². The molecule has 0 bridgehead atoms. The number of hydrogen-bond donors (Lipinski definition) is 0. The fourth-order valence-corrected chi connectivity index (χ4v) is 2.58. The summed E-state index contributed by atoms with van der Waals surface area (Å²) in [4.78, 5) is 63.3. The normalized spacial score (nSPS) is 11.1. The Labute approximate surface area is 243 Å². The Balaban J connectivity index is 0.000000692. The molecule has 44 heavy (non-hydrogen) atoms. The molecule has 0 aliphatic heterocycles. The lowest BCUT2D eigenvalue weighted by Gasteiger charge is -2.06. The first-order valence-electron chi connectivity index (χ1n) is 11.8. The molecule has 0 heterocycles. The summed E-state index contributed by atoms with van der Waals surface area (Å²) in [5, 5.41) is 0. The second kappa shape index (κ2) is 17.5. The monoisotopic (exact) mass is 646 g/mol. The van der Waals surface area contributed by atoms with E-state index in [0.717, 1.165) is 0 Å². The minimum absolute atomic E-state index is 0.154. The molecule has 0 spiro atoms. The number of halogens is 9. The number of Topliss-reactive ketones (excluding diaryl/α,β-unsaturated/α-hetero) is 5. The Hall–Kier alpha value is -4.57. The van der Waals surface area contributed by atoms with E-state index in [1.807, 2.05) is 0 Å². The van der Waals surface area contributed by atoms with Crippen molar-refractivity contribution in [1.82, 2.24) is 0 Å². The van der Waals surface area contributed by atoms with Crippen molar-refractivity contribution < 1.29 is 77.8 Å². The smallest absolute Gasteiger partial charge is 0.450 e. The molecule has 2 aromatic carbocycles. The summed E-state index contributed by atoms with van der Waals surface area (Å²) in [6.45, 7) is 0. The number of hydrogen-bond acceptors (Lipinski definition) is 8. The first-order valence-corrected chi connectivity index (χ1v) is 11.8. The summed E-state index contributed by atoms with van der Waals surface area (Å²) < 4.78 is 112. The van der Waals surface area contributed by atoms with Crippen molar-refractivity contribution in [3.63, 3.8) is 0 Å². The number of benzene rings is 2. The molecular weight excluding hydrogens is 623 g/mol. The molecule has 0 saturated heterocycles. The highest BCUT2D eigenvalue weighted by molar-refractivity contribution is 6.13. The van der Waals surface area contributed by atoms with Crippen LogP contribution in [-0.4, -0.2) is 68.0 Å². The maximum absolute atomic E-state index is 12.1. The van der Waals surface area contributed by atoms with Gasteiger partial charge in [0.05, 0.1) is 27.1 Å². The highest BCUT2D eigenvalue weighted by Crippen LogP contribution is 2.23. The summed E-state index contributed by atoms with van der Waals surface area (Å²) in [6.07, 6.45) is -18.8. The van der Waals surface area contributed by atoms with Gasteiger partial charge >= 0.3 is 18.5 Å². The van der Waals surface area contributed by atoms with Crippen LogP contribution in [0.5, 0.6) is 11.5 Å². The van der Waals surface area contributed by atoms with Gasteiger partial charge in [0.25, 0.3) is 0 Å². The third-order valence-electron chi connectivity index (χ3n) is 4.90. The minimum atomic E-state index is -5.40. The third-order valence-corrected chi connectivity index (χ3v) is 4.90. The SMILES string of the molecule is COc1ccc(C(=O)CC(=O)c2ccc(OC)cc2)cc1.O=C(CC(=O)C(F)(F)F)C(F)(F)F.O=CCCC(=O)C(F)(F)F. The predicted octanol–water partition coefficient (Wildman–Crippen LogP) is 5.90. The van der Waals surface area contributed by atoms with Crippen LogP contribution >= 0.6 is 0 Å². The van der Waals surface area contributed by atoms with Crippen LogP contribution in [-0.2, 0) is 19.2 Å². The summed E-state index contributed by atoms with van der Waals surface area (Å²) in [7, 11) is 3.12. The Bertz CT molecular complexity index is 1200. The molecule has 0 N–H and O–H groups in total. The van der Waals surface area contributed by atoms with E-state index in [0.29, 0.717) is 22.6 Å². The number of ketones is 5. The molecule has 0 aliphatic carbocycles. The maximum atomic E-state index is 12.1. The first kappa shape index (κ1) is 39.4. The fourth-order valence-electron chi connectivity index (χ4n) is 2.58. The van der Waals surface area contributed by atoms with E-state index in [4.69, 9.17) is 9.47 Å². The molecule has 0 amide bonds. The summed E-state index contributed by atoms with van der Waals surface area (Å²) in [6, 6.07) is 13.4. The van der Waals surface area contributed by atoms with E-state index in [9.17, 15) is 68.3 Å². The molecule has 242 valence electrons. The predicted molar refractivity (Wildman–Crippen MR) is 132 cm³/mol. The Morgan fingerprint density at radius 2 is 0.886 bits per heavy atom. The van der Waals surface area contributed by atoms with Gasteiger partial charge in [-0.3, -0.25) is 24.0 Å². The minimum Gasteiger partial charge on any atom is -0.497 e. The molecule has 8 nitrogen and oxygen atoms in total. The van der Waals surface area contributed by atoms with Gasteiger partial charge in [0.2, 0.25) is 17.3 Å². The lowest BCUT2D eigenvalue weighted by Crippen LogP contribution is -2.31.